The van der Waals surface area contributed by atoms with Crippen LogP contribution in [-0.2, 0) is 21.4 Å². The van der Waals surface area contributed by atoms with Gasteiger partial charge in [-0.25, -0.2) is 0 Å². The van der Waals surface area contributed by atoms with Crippen LogP contribution in [0.2, 0.25) is 0 Å². The number of ketones is 1. The molecule has 0 spiro atoms. The summed E-state index contributed by atoms with van der Waals surface area (Å²) in [7, 11) is 1.70. The van der Waals surface area contributed by atoms with E-state index in [9.17, 15) is 19.2 Å². The van der Waals surface area contributed by atoms with E-state index in [1.54, 1.807) is 36.9 Å². The van der Waals surface area contributed by atoms with Crippen molar-refractivity contribution in [3.8, 4) is 0 Å². The Labute approximate surface area is 133 Å². The molecule has 2 fully saturated rings. The Kier molecular flexibility index (Phi) is 3.58. The molecule has 23 heavy (non-hydrogen) atoms. The Morgan fingerprint density at radius 2 is 1.96 bits per heavy atom. The standard InChI is InChI=1S/C16H19N3O4/c1-9-13-11(19(10(2)20)15(9)22)6-8-18(13)16(23)14(21)12-5-4-7-17(12)3/h4-5,7,9,11,13H,6,8H2,1-3H3/t9-,11-,13+/m1/s1. The number of aromatic nitrogens is 1. The molecule has 0 aliphatic carbocycles. The van der Waals surface area contributed by atoms with E-state index in [-0.39, 0.29) is 17.9 Å². The van der Waals surface area contributed by atoms with Gasteiger partial charge in [0.2, 0.25) is 11.8 Å². The minimum Gasteiger partial charge on any atom is -0.348 e. The number of carbonyl (C=O) groups excluding carboxylic acids is 4. The zero-order valence-corrected chi connectivity index (χ0v) is 13.4. The summed E-state index contributed by atoms with van der Waals surface area (Å²) in [6, 6.07) is 2.56. The molecule has 1 aromatic heterocycles. The third-order valence-corrected chi connectivity index (χ3v) is 4.86. The molecule has 0 bridgehead atoms. The summed E-state index contributed by atoms with van der Waals surface area (Å²) < 4.78 is 1.60. The highest BCUT2D eigenvalue weighted by Gasteiger charge is 2.55. The fraction of sp³-hybridized carbons (Fsp3) is 0.500. The molecule has 1 aromatic rings. The maximum atomic E-state index is 12.6. The van der Waals surface area contributed by atoms with Crippen LogP contribution in [0.25, 0.3) is 0 Å². The molecule has 0 aromatic carbocycles. The van der Waals surface area contributed by atoms with Gasteiger partial charge in [-0.05, 0) is 18.6 Å². The number of fused-ring (bicyclic) bond motifs is 1. The molecule has 3 atom stereocenters. The summed E-state index contributed by atoms with van der Waals surface area (Å²) in [4.78, 5) is 51.7. The van der Waals surface area contributed by atoms with Crippen molar-refractivity contribution in [2.45, 2.75) is 32.4 Å². The molecule has 2 aliphatic rings. The van der Waals surface area contributed by atoms with E-state index in [0.717, 1.165) is 0 Å². The third-order valence-electron chi connectivity index (χ3n) is 4.86. The normalized spacial score (nSPS) is 26.6. The van der Waals surface area contributed by atoms with Crippen LogP contribution in [0, 0.1) is 5.92 Å². The van der Waals surface area contributed by atoms with Gasteiger partial charge in [0.15, 0.2) is 0 Å². The summed E-state index contributed by atoms with van der Waals surface area (Å²) in [5, 5.41) is 0. The molecule has 0 unspecified atom stereocenters. The van der Waals surface area contributed by atoms with Crippen LogP contribution in [0.4, 0.5) is 0 Å². The molecular formula is C16H19N3O4. The van der Waals surface area contributed by atoms with Crippen molar-refractivity contribution in [2.24, 2.45) is 13.0 Å². The fourth-order valence-electron chi connectivity index (χ4n) is 3.78. The van der Waals surface area contributed by atoms with Crippen molar-refractivity contribution in [3.63, 3.8) is 0 Å². The number of aryl methyl sites for hydroxylation is 1. The van der Waals surface area contributed by atoms with E-state index < -0.39 is 23.7 Å². The van der Waals surface area contributed by atoms with E-state index in [2.05, 4.69) is 0 Å². The predicted molar refractivity (Wildman–Crippen MR) is 80.3 cm³/mol. The van der Waals surface area contributed by atoms with Crippen LogP contribution in [0.15, 0.2) is 18.3 Å². The quantitative estimate of drug-likeness (QED) is 0.576. The lowest BCUT2D eigenvalue weighted by Crippen LogP contribution is -2.45. The first kappa shape index (κ1) is 15.5. The number of imide groups is 1. The van der Waals surface area contributed by atoms with Crippen LogP contribution in [0.5, 0.6) is 0 Å². The van der Waals surface area contributed by atoms with Gasteiger partial charge in [-0.2, -0.15) is 0 Å². The number of amides is 3. The summed E-state index contributed by atoms with van der Waals surface area (Å²) in [6.07, 6.45) is 2.22. The van der Waals surface area contributed by atoms with Gasteiger partial charge in [0.25, 0.3) is 11.7 Å². The molecule has 2 aliphatic heterocycles. The van der Waals surface area contributed by atoms with Crippen molar-refractivity contribution < 1.29 is 19.2 Å². The molecule has 3 heterocycles. The van der Waals surface area contributed by atoms with Crippen LogP contribution in [0.3, 0.4) is 0 Å². The minimum atomic E-state index is -0.607. The summed E-state index contributed by atoms with van der Waals surface area (Å²) in [5.74, 6) is -2.24. The maximum absolute atomic E-state index is 12.6. The van der Waals surface area contributed by atoms with Gasteiger partial charge in [-0.1, -0.05) is 6.92 Å². The molecule has 7 nitrogen and oxygen atoms in total. The highest BCUT2D eigenvalue weighted by Crippen LogP contribution is 2.36. The molecule has 3 amide bonds. The van der Waals surface area contributed by atoms with Crippen LogP contribution >= 0.6 is 0 Å². The first-order valence-electron chi connectivity index (χ1n) is 7.65. The van der Waals surface area contributed by atoms with Gasteiger partial charge < -0.3 is 9.47 Å². The van der Waals surface area contributed by atoms with Crippen LogP contribution in [-0.4, -0.2) is 56.5 Å². The van der Waals surface area contributed by atoms with Crippen molar-refractivity contribution in [2.75, 3.05) is 6.54 Å². The maximum Gasteiger partial charge on any atom is 0.296 e. The molecular weight excluding hydrogens is 298 g/mol. The highest BCUT2D eigenvalue weighted by molar-refractivity contribution is 6.42. The number of hydrogen-bond acceptors (Lipinski definition) is 4. The van der Waals surface area contributed by atoms with E-state index >= 15 is 0 Å². The van der Waals surface area contributed by atoms with Gasteiger partial charge in [-0.15, -0.1) is 0 Å². The molecule has 3 rings (SSSR count). The Hall–Kier alpha value is -2.44. The average molecular weight is 317 g/mol. The fourth-order valence-corrected chi connectivity index (χ4v) is 3.78. The van der Waals surface area contributed by atoms with E-state index in [1.807, 2.05) is 0 Å². The summed E-state index contributed by atoms with van der Waals surface area (Å²) in [5.41, 5.74) is 0.318. The second-order valence-electron chi connectivity index (χ2n) is 6.19. The Bertz CT molecular complexity index is 708. The third kappa shape index (κ3) is 2.18. The zero-order valence-electron chi connectivity index (χ0n) is 13.4. The molecule has 0 radical (unpaired) electrons. The Balaban J connectivity index is 1.87. The van der Waals surface area contributed by atoms with Gasteiger partial charge in [0.05, 0.1) is 23.7 Å². The first-order valence-corrected chi connectivity index (χ1v) is 7.65. The number of likely N-dealkylation sites (tertiary alicyclic amines) is 2. The van der Waals surface area contributed by atoms with Crippen LogP contribution < -0.4 is 0 Å². The smallest absolute Gasteiger partial charge is 0.296 e. The molecule has 0 saturated carbocycles. The largest absolute Gasteiger partial charge is 0.348 e. The van der Waals surface area contributed by atoms with Gasteiger partial charge in [0, 0.05) is 26.7 Å². The van der Waals surface area contributed by atoms with E-state index in [1.165, 1.54) is 16.7 Å². The second kappa shape index (κ2) is 5.33. The molecule has 7 heteroatoms. The SMILES string of the molecule is CC(=O)N1C(=O)[C@H](C)[C@H]2[C@H]1CCN2C(=O)C(=O)c1cccn1C. The number of hydrogen-bond donors (Lipinski definition) is 0. The Morgan fingerprint density at radius 1 is 1.26 bits per heavy atom. The minimum absolute atomic E-state index is 0.267. The first-order chi connectivity index (χ1) is 10.8. The highest BCUT2D eigenvalue weighted by atomic mass is 16.2. The number of nitrogens with zero attached hydrogens (tertiary/aromatic N) is 3. The lowest BCUT2D eigenvalue weighted by Gasteiger charge is -2.25. The summed E-state index contributed by atoms with van der Waals surface area (Å²) >= 11 is 0. The second-order valence-corrected chi connectivity index (χ2v) is 6.19. The molecule has 2 saturated heterocycles. The zero-order chi connectivity index (χ0) is 16.9. The predicted octanol–water partition coefficient (Wildman–Crippen LogP) is 0.202. The average Bonchev–Trinajstić information content (AvgIpc) is 3.16. The Morgan fingerprint density at radius 3 is 2.52 bits per heavy atom. The van der Waals surface area contributed by atoms with Crippen molar-refractivity contribution >= 4 is 23.5 Å². The van der Waals surface area contributed by atoms with Crippen molar-refractivity contribution in [3.05, 3.63) is 24.0 Å². The van der Waals surface area contributed by atoms with E-state index in [4.69, 9.17) is 0 Å². The monoisotopic (exact) mass is 317 g/mol. The van der Waals surface area contributed by atoms with Crippen LogP contribution in [0.1, 0.15) is 30.8 Å². The number of Topliss-reactive ketones (excluding diaryl/α,β-unsaturated/α-hetero) is 1. The van der Waals surface area contributed by atoms with Gasteiger partial charge in [-0.3, -0.25) is 24.1 Å². The summed E-state index contributed by atoms with van der Waals surface area (Å²) in [6.45, 7) is 3.44. The van der Waals surface area contributed by atoms with Gasteiger partial charge in [0.1, 0.15) is 0 Å². The van der Waals surface area contributed by atoms with E-state index in [0.29, 0.717) is 18.7 Å². The molecule has 122 valence electrons. The topological polar surface area (TPSA) is 79.7 Å². The lowest BCUT2D eigenvalue weighted by atomic mass is 10.0. The molecule has 0 N–H and O–H groups in total. The van der Waals surface area contributed by atoms with Crippen molar-refractivity contribution in [1.29, 1.82) is 0 Å². The van der Waals surface area contributed by atoms with Gasteiger partial charge >= 0.3 is 0 Å². The number of rotatable bonds is 2. The lowest BCUT2D eigenvalue weighted by molar-refractivity contribution is -0.143. The number of carbonyl (C=O) groups is 4. The van der Waals surface area contributed by atoms with Crippen molar-refractivity contribution in [1.82, 2.24) is 14.4 Å².